The van der Waals surface area contributed by atoms with Crippen LogP contribution in [0.15, 0.2) is 60.8 Å². The Balaban J connectivity index is 1.57. The maximum Gasteiger partial charge on any atom is 0.213 e. The zero-order chi connectivity index (χ0) is 21.2. The average molecular weight is 427 g/mol. The third kappa shape index (κ3) is 6.37. The topological polar surface area (TPSA) is 52.6 Å². The Morgan fingerprint density at radius 2 is 1.73 bits per heavy atom. The summed E-state index contributed by atoms with van der Waals surface area (Å²) in [6.07, 6.45) is 1.71. The van der Waals surface area contributed by atoms with Gasteiger partial charge in [0, 0.05) is 36.4 Å². The standard InChI is InChI=1S/C24H27ClN2O3/c1-3-28-22-14-20(16-26-12-13-29-24-10-6-7-11-27-24)21(25)15-23(22)30-17-19-9-5-4-8-18(19)2/h4-11,14-15,26H,3,12-13,16-17H2,1-2H3. The largest absolute Gasteiger partial charge is 0.490 e. The van der Waals surface area contributed by atoms with E-state index in [1.165, 1.54) is 5.56 Å². The number of nitrogens with one attached hydrogen (secondary N) is 1. The first-order valence-electron chi connectivity index (χ1n) is 10.0. The normalized spacial score (nSPS) is 10.6. The van der Waals surface area contributed by atoms with E-state index < -0.39 is 0 Å². The molecule has 2 aromatic carbocycles. The van der Waals surface area contributed by atoms with Gasteiger partial charge in [0.1, 0.15) is 13.2 Å². The van der Waals surface area contributed by atoms with Crippen molar-refractivity contribution < 1.29 is 14.2 Å². The lowest BCUT2D eigenvalue weighted by atomic mass is 10.1. The molecule has 0 radical (unpaired) electrons. The van der Waals surface area contributed by atoms with Crippen molar-refractivity contribution in [3.63, 3.8) is 0 Å². The number of benzene rings is 2. The van der Waals surface area contributed by atoms with Crippen molar-refractivity contribution in [2.24, 2.45) is 0 Å². The van der Waals surface area contributed by atoms with Crippen molar-refractivity contribution in [3.05, 3.63) is 82.5 Å². The van der Waals surface area contributed by atoms with Gasteiger partial charge in [0.2, 0.25) is 5.88 Å². The van der Waals surface area contributed by atoms with Crippen molar-refractivity contribution in [1.82, 2.24) is 10.3 Å². The van der Waals surface area contributed by atoms with Gasteiger partial charge >= 0.3 is 0 Å². The Hall–Kier alpha value is -2.76. The first-order chi connectivity index (χ1) is 14.7. The van der Waals surface area contributed by atoms with Crippen molar-refractivity contribution >= 4 is 11.6 Å². The molecule has 5 nitrogen and oxygen atoms in total. The van der Waals surface area contributed by atoms with Crippen molar-refractivity contribution in [3.8, 4) is 17.4 Å². The highest BCUT2D eigenvalue weighted by atomic mass is 35.5. The van der Waals surface area contributed by atoms with E-state index in [4.69, 9.17) is 25.8 Å². The number of aromatic nitrogens is 1. The summed E-state index contributed by atoms with van der Waals surface area (Å²) in [4.78, 5) is 4.13. The smallest absolute Gasteiger partial charge is 0.213 e. The summed E-state index contributed by atoms with van der Waals surface area (Å²) in [5, 5.41) is 3.97. The number of pyridine rings is 1. The van der Waals surface area contributed by atoms with E-state index in [1.54, 1.807) is 6.20 Å². The SMILES string of the molecule is CCOc1cc(CNCCOc2ccccn2)c(Cl)cc1OCc1ccccc1C. The molecule has 1 N–H and O–H groups in total. The van der Waals surface area contributed by atoms with Crippen LogP contribution < -0.4 is 19.5 Å². The molecule has 0 aliphatic heterocycles. The third-order valence-corrected chi connectivity index (χ3v) is 4.89. The Labute approximate surface area is 183 Å². The van der Waals surface area contributed by atoms with E-state index in [1.807, 2.05) is 49.4 Å². The number of ether oxygens (including phenoxy) is 3. The van der Waals surface area contributed by atoms with Crippen LogP contribution in [0.4, 0.5) is 0 Å². The van der Waals surface area contributed by atoms with Crippen molar-refractivity contribution in [1.29, 1.82) is 0 Å². The molecule has 0 fully saturated rings. The summed E-state index contributed by atoms with van der Waals surface area (Å²) in [6.45, 7) is 6.82. The van der Waals surface area contributed by atoms with Crippen LogP contribution in [0.5, 0.6) is 17.4 Å². The van der Waals surface area contributed by atoms with E-state index in [-0.39, 0.29) is 0 Å². The van der Waals surface area contributed by atoms with Crippen LogP contribution in [0.3, 0.4) is 0 Å². The fourth-order valence-corrected chi connectivity index (χ4v) is 3.13. The molecule has 3 aromatic rings. The Bertz CT molecular complexity index is 935. The second kappa shape index (κ2) is 11.4. The molecule has 0 atom stereocenters. The minimum Gasteiger partial charge on any atom is -0.490 e. The van der Waals surface area contributed by atoms with Gasteiger partial charge in [0.05, 0.1) is 6.61 Å². The van der Waals surface area contributed by atoms with E-state index >= 15 is 0 Å². The molecule has 1 heterocycles. The molecule has 3 rings (SSSR count). The molecule has 0 aliphatic rings. The maximum atomic E-state index is 6.51. The van der Waals surface area contributed by atoms with Crippen LogP contribution in [0.2, 0.25) is 5.02 Å². The van der Waals surface area contributed by atoms with Crippen LogP contribution in [0.1, 0.15) is 23.6 Å². The van der Waals surface area contributed by atoms with Crippen molar-refractivity contribution in [2.75, 3.05) is 19.8 Å². The quantitative estimate of drug-likeness (QED) is 0.427. The van der Waals surface area contributed by atoms with Crippen molar-refractivity contribution in [2.45, 2.75) is 27.0 Å². The van der Waals surface area contributed by atoms with E-state index in [2.05, 4.69) is 29.4 Å². The molecule has 0 bridgehead atoms. The molecule has 158 valence electrons. The molecular weight excluding hydrogens is 400 g/mol. The monoisotopic (exact) mass is 426 g/mol. The van der Waals surface area contributed by atoms with Gasteiger partial charge in [-0.05, 0) is 42.7 Å². The third-order valence-electron chi connectivity index (χ3n) is 4.54. The molecule has 1 aromatic heterocycles. The Morgan fingerprint density at radius 3 is 2.50 bits per heavy atom. The first kappa shape index (κ1) is 21.9. The summed E-state index contributed by atoms with van der Waals surface area (Å²) in [6, 6.07) is 17.5. The predicted octanol–water partition coefficient (Wildman–Crippen LogP) is 5.19. The molecule has 0 spiro atoms. The molecule has 0 aliphatic carbocycles. The number of nitrogens with zero attached hydrogens (tertiary/aromatic N) is 1. The Morgan fingerprint density at radius 1 is 0.933 bits per heavy atom. The van der Waals surface area contributed by atoms with Crippen LogP contribution in [-0.2, 0) is 13.2 Å². The van der Waals surface area contributed by atoms with E-state index in [0.717, 1.165) is 11.1 Å². The summed E-state index contributed by atoms with van der Waals surface area (Å²) in [5.41, 5.74) is 3.27. The number of hydrogen-bond acceptors (Lipinski definition) is 5. The summed E-state index contributed by atoms with van der Waals surface area (Å²) in [5.74, 6) is 1.95. The average Bonchev–Trinajstić information content (AvgIpc) is 2.76. The second-order valence-electron chi connectivity index (χ2n) is 6.73. The number of halogens is 1. The van der Waals surface area contributed by atoms with E-state index in [0.29, 0.717) is 55.3 Å². The molecule has 6 heteroatoms. The zero-order valence-corrected chi connectivity index (χ0v) is 18.1. The minimum atomic E-state index is 0.464. The fraction of sp³-hybridized carbons (Fsp3) is 0.292. The van der Waals surface area contributed by atoms with Gasteiger partial charge in [-0.1, -0.05) is 41.9 Å². The molecular formula is C24H27ClN2O3. The van der Waals surface area contributed by atoms with Gasteiger partial charge < -0.3 is 19.5 Å². The molecule has 0 saturated carbocycles. The fourth-order valence-electron chi connectivity index (χ4n) is 2.90. The van der Waals surface area contributed by atoms with Gasteiger partial charge in [0.25, 0.3) is 0 Å². The predicted molar refractivity (Wildman–Crippen MR) is 120 cm³/mol. The Kier molecular flexibility index (Phi) is 8.36. The van der Waals surface area contributed by atoms with Gasteiger partial charge in [-0.2, -0.15) is 0 Å². The number of hydrogen-bond donors (Lipinski definition) is 1. The van der Waals surface area contributed by atoms with Crippen LogP contribution in [0, 0.1) is 6.92 Å². The molecule has 0 amide bonds. The van der Waals surface area contributed by atoms with Gasteiger partial charge in [-0.25, -0.2) is 4.98 Å². The van der Waals surface area contributed by atoms with Crippen LogP contribution in [0.25, 0.3) is 0 Å². The summed E-state index contributed by atoms with van der Waals surface area (Å²) < 4.78 is 17.4. The maximum absolute atomic E-state index is 6.51. The van der Waals surface area contributed by atoms with Crippen LogP contribution in [-0.4, -0.2) is 24.7 Å². The molecule has 0 unspecified atom stereocenters. The lowest BCUT2D eigenvalue weighted by molar-refractivity contribution is 0.268. The summed E-state index contributed by atoms with van der Waals surface area (Å²) in [7, 11) is 0. The highest BCUT2D eigenvalue weighted by Crippen LogP contribution is 2.34. The lowest BCUT2D eigenvalue weighted by Crippen LogP contribution is -2.21. The number of rotatable bonds is 11. The molecule has 0 saturated heterocycles. The van der Waals surface area contributed by atoms with E-state index in [9.17, 15) is 0 Å². The highest BCUT2D eigenvalue weighted by molar-refractivity contribution is 6.31. The second-order valence-corrected chi connectivity index (χ2v) is 7.14. The highest BCUT2D eigenvalue weighted by Gasteiger charge is 2.12. The number of aryl methyl sites for hydroxylation is 1. The first-order valence-corrected chi connectivity index (χ1v) is 10.4. The lowest BCUT2D eigenvalue weighted by Gasteiger charge is -2.16. The molecule has 30 heavy (non-hydrogen) atoms. The minimum absolute atomic E-state index is 0.464. The van der Waals surface area contributed by atoms with Gasteiger partial charge in [0.15, 0.2) is 11.5 Å². The zero-order valence-electron chi connectivity index (χ0n) is 17.4. The van der Waals surface area contributed by atoms with Gasteiger partial charge in [-0.3, -0.25) is 0 Å². The summed E-state index contributed by atoms with van der Waals surface area (Å²) >= 11 is 6.51. The van der Waals surface area contributed by atoms with Gasteiger partial charge in [-0.15, -0.1) is 0 Å². The van der Waals surface area contributed by atoms with Crippen LogP contribution >= 0.6 is 11.6 Å².